The molecule has 0 heterocycles. The number of alkyl carbamates (subject to hydrolysis) is 1. The zero-order chi connectivity index (χ0) is 15.1. The van der Waals surface area contributed by atoms with Gasteiger partial charge in [0.15, 0.2) is 5.78 Å². The van der Waals surface area contributed by atoms with E-state index in [1.165, 1.54) is 7.11 Å². The van der Waals surface area contributed by atoms with Crippen LogP contribution in [0.5, 0.6) is 0 Å². The highest BCUT2D eigenvalue weighted by Gasteiger charge is 2.24. The molecule has 0 saturated heterocycles. The fourth-order valence-electron chi connectivity index (χ4n) is 1.22. The Balaban J connectivity index is 4.47. The molecule has 1 atom stereocenters. The van der Waals surface area contributed by atoms with Gasteiger partial charge in [0.1, 0.15) is 5.60 Å². The van der Waals surface area contributed by atoms with Crippen molar-refractivity contribution in [3.63, 3.8) is 0 Å². The normalized spacial score (nSPS) is 12.5. The zero-order valence-corrected chi connectivity index (χ0v) is 13.2. The van der Waals surface area contributed by atoms with Crippen molar-refractivity contribution in [2.75, 3.05) is 12.4 Å². The van der Waals surface area contributed by atoms with E-state index < -0.39 is 23.7 Å². The Bertz CT molecular complexity index is 338. The molecule has 19 heavy (non-hydrogen) atoms. The SMILES string of the molecule is COC(=O)CC[C@@H](NC(=O)OC(C)(C)C)C(=O)CBr. The number of nitrogens with one attached hydrogen (secondary N) is 1. The second-order valence-electron chi connectivity index (χ2n) is 4.91. The highest BCUT2D eigenvalue weighted by molar-refractivity contribution is 9.09. The van der Waals surface area contributed by atoms with Gasteiger partial charge in [0.25, 0.3) is 0 Å². The first-order valence-electron chi connectivity index (χ1n) is 5.84. The molecule has 0 unspecified atom stereocenters. The number of methoxy groups -OCH3 is 1. The topological polar surface area (TPSA) is 81.7 Å². The molecule has 1 N–H and O–H groups in total. The van der Waals surface area contributed by atoms with Crippen LogP contribution in [-0.2, 0) is 19.1 Å². The first-order chi connectivity index (χ1) is 8.69. The lowest BCUT2D eigenvalue weighted by Crippen LogP contribution is -2.44. The fraction of sp³-hybridized carbons (Fsp3) is 0.750. The predicted molar refractivity (Wildman–Crippen MR) is 73.2 cm³/mol. The van der Waals surface area contributed by atoms with Crippen LogP contribution in [0.2, 0.25) is 0 Å². The Morgan fingerprint density at radius 3 is 2.26 bits per heavy atom. The standard InChI is InChI=1S/C12H20BrNO5/c1-12(2,3)19-11(17)14-8(9(15)7-13)5-6-10(16)18-4/h8H,5-7H2,1-4H3,(H,14,17)/t8-/m1/s1. The van der Waals surface area contributed by atoms with E-state index in [-0.39, 0.29) is 24.0 Å². The van der Waals surface area contributed by atoms with Crippen LogP contribution in [-0.4, -0.2) is 41.9 Å². The number of hydrogen-bond donors (Lipinski definition) is 1. The Morgan fingerprint density at radius 2 is 1.84 bits per heavy atom. The summed E-state index contributed by atoms with van der Waals surface area (Å²) >= 11 is 3.03. The molecule has 0 aliphatic rings. The smallest absolute Gasteiger partial charge is 0.408 e. The Morgan fingerprint density at radius 1 is 1.26 bits per heavy atom. The van der Waals surface area contributed by atoms with E-state index in [2.05, 4.69) is 26.0 Å². The molecule has 0 bridgehead atoms. The Hall–Kier alpha value is -1.11. The van der Waals surface area contributed by atoms with Crippen molar-refractivity contribution in [2.24, 2.45) is 0 Å². The molecular formula is C12H20BrNO5. The third-order valence-electron chi connectivity index (χ3n) is 2.08. The summed E-state index contributed by atoms with van der Waals surface area (Å²) in [5.74, 6) is -0.659. The summed E-state index contributed by atoms with van der Waals surface area (Å²) in [5.41, 5.74) is -0.644. The van der Waals surface area contributed by atoms with E-state index in [9.17, 15) is 14.4 Å². The first-order valence-corrected chi connectivity index (χ1v) is 6.96. The van der Waals surface area contributed by atoms with Gasteiger partial charge in [-0.1, -0.05) is 15.9 Å². The molecule has 0 aromatic carbocycles. The molecule has 6 nitrogen and oxygen atoms in total. The largest absolute Gasteiger partial charge is 0.469 e. The van der Waals surface area contributed by atoms with Gasteiger partial charge in [-0.05, 0) is 27.2 Å². The minimum Gasteiger partial charge on any atom is -0.469 e. The van der Waals surface area contributed by atoms with Gasteiger partial charge < -0.3 is 14.8 Å². The van der Waals surface area contributed by atoms with Gasteiger partial charge >= 0.3 is 12.1 Å². The van der Waals surface area contributed by atoms with Crippen molar-refractivity contribution in [3.8, 4) is 0 Å². The second kappa shape index (κ2) is 8.14. The Labute approximate surface area is 121 Å². The predicted octanol–water partition coefficient (Wildman–Crippen LogP) is 1.80. The average molecular weight is 338 g/mol. The second-order valence-corrected chi connectivity index (χ2v) is 5.47. The molecule has 1 amide bonds. The Kier molecular flexibility index (Phi) is 7.66. The number of carbonyl (C=O) groups excluding carboxylic acids is 3. The average Bonchev–Trinajstić information content (AvgIpc) is 2.30. The minimum absolute atomic E-state index is 0.0513. The molecule has 0 aliphatic heterocycles. The maximum Gasteiger partial charge on any atom is 0.408 e. The van der Waals surface area contributed by atoms with E-state index in [0.29, 0.717) is 0 Å². The summed E-state index contributed by atoms with van der Waals surface area (Å²) in [4.78, 5) is 34.3. The van der Waals surface area contributed by atoms with Crippen molar-refractivity contribution >= 4 is 33.8 Å². The third kappa shape index (κ3) is 8.58. The van der Waals surface area contributed by atoms with Gasteiger partial charge in [0.05, 0.1) is 18.5 Å². The van der Waals surface area contributed by atoms with Gasteiger partial charge in [-0.15, -0.1) is 0 Å². The van der Waals surface area contributed by atoms with Crippen LogP contribution in [0.1, 0.15) is 33.6 Å². The number of hydrogen-bond acceptors (Lipinski definition) is 5. The number of carbonyl (C=O) groups is 3. The quantitative estimate of drug-likeness (QED) is 0.590. The lowest BCUT2D eigenvalue weighted by Gasteiger charge is -2.22. The van der Waals surface area contributed by atoms with Gasteiger partial charge in [-0.3, -0.25) is 9.59 Å². The first kappa shape index (κ1) is 17.9. The van der Waals surface area contributed by atoms with Crippen LogP contribution >= 0.6 is 15.9 Å². The molecule has 0 rings (SSSR count). The van der Waals surface area contributed by atoms with Crippen LogP contribution in [0.4, 0.5) is 4.79 Å². The summed E-state index contributed by atoms with van der Waals surface area (Å²) in [5, 5.41) is 2.55. The number of halogens is 1. The van der Waals surface area contributed by atoms with Gasteiger partial charge in [0.2, 0.25) is 0 Å². The fourth-order valence-corrected chi connectivity index (χ4v) is 1.61. The van der Waals surface area contributed by atoms with Crippen molar-refractivity contribution in [1.82, 2.24) is 5.32 Å². The van der Waals surface area contributed by atoms with Gasteiger partial charge in [0, 0.05) is 6.42 Å². The number of esters is 1. The highest BCUT2D eigenvalue weighted by Crippen LogP contribution is 2.08. The lowest BCUT2D eigenvalue weighted by atomic mass is 10.1. The number of Topliss-reactive ketones (excluding diaryl/α,β-unsaturated/α-hetero) is 1. The van der Waals surface area contributed by atoms with E-state index in [0.717, 1.165) is 0 Å². The van der Waals surface area contributed by atoms with Crippen LogP contribution in [0.25, 0.3) is 0 Å². The maximum absolute atomic E-state index is 11.6. The van der Waals surface area contributed by atoms with Crippen molar-refractivity contribution in [3.05, 3.63) is 0 Å². The summed E-state index contributed by atoms with van der Waals surface area (Å²) in [7, 11) is 1.27. The maximum atomic E-state index is 11.6. The third-order valence-corrected chi connectivity index (χ3v) is 2.63. The zero-order valence-electron chi connectivity index (χ0n) is 11.6. The number of rotatable bonds is 6. The number of ether oxygens (including phenoxy) is 2. The molecule has 0 aromatic rings. The molecule has 0 spiro atoms. The summed E-state index contributed by atoms with van der Waals surface area (Å²) in [6.07, 6.45) is -0.455. The van der Waals surface area contributed by atoms with E-state index in [1.54, 1.807) is 20.8 Å². The molecular weight excluding hydrogens is 318 g/mol. The minimum atomic E-state index is -0.770. The molecule has 0 fully saturated rings. The summed E-state index contributed by atoms with van der Waals surface area (Å²) in [6, 6.07) is -0.770. The van der Waals surface area contributed by atoms with E-state index in [4.69, 9.17) is 4.74 Å². The molecule has 7 heteroatoms. The van der Waals surface area contributed by atoms with E-state index >= 15 is 0 Å². The number of alkyl halides is 1. The van der Waals surface area contributed by atoms with Crippen molar-refractivity contribution in [1.29, 1.82) is 0 Å². The van der Waals surface area contributed by atoms with Crippen LogP contribution in [0.3, 0.4) is 0 Å². The van der Waals surface area contributed by atoms with Gasteiger partial charge in [-0.25, -0.2) is 4.79 Å². The lowest BCUT2D eigenvalue weighted by molar-refractivity contribution is -0.140. The monoisotopic (exact) mass is 337 g/mol. The molecule has 110 valence electrons. The molecule has 0 radical (unpaired) electrons. The van der Waals surface area contributed by atoms with E-state index in [1.807, 2.05) is 0 Å². The molecule has 0 aliphatic carbocycles. The summed E-state index contributed by atoms with van der Waals surface area (Å²) < 4.78 is 9.56. The number of ketones is 1. The summed E-state index contributed by atoms with van der Waals surface area (Å²) in [6.45, 7) is 5.17. The van der Waals surface area contributed by atoms with Crippen LogP contribution < -0.4 is 5.32 Å². The molecule has 0 aromatic heterocycles. The number of amides is 1. The van der Waals surface area contributed by atoms with Crippen molar-refractivity contribution in [2.45, 2.75) is 45.3 Å². The van der Waals surface area contributed by atoms with Crippen LogP contribution in [0.15, 0.2) is 0 Å². The van der Waals surface area contributed by atoms with Crippen LogP contribution in [0, 0.1) is 0 Å². The van der Waals surface area contributed by atoms with Crippen molar-refractivity contribution < 1.29 is 23.9 Å². The van der Waals surface area contributed by atoms with Gasteiger partial charge in [-0.2, -0.15) is 0 Å². The molecule has 0 saturated carbocycles. The highest BCUT2D eigenvalue weighted by atomic mass is 79.9.